The Kier molecular flexibility index (Phi) is 6.66. The number of halogens is 4. The summed E-state index contributed by atoms with van der Waals surface area (Å²) in [7, 11) is 1.66. The minimum Gasteiger partial charge on any atom is -0.507 e. The van der Waals surface area contributed by atoms with Crippen LogP contribution in [0.4, 0.5) is 13.2 Å². The molecule has 0 radical (unpaired) electrons. The van der Waals surface area contributed by atoms with E-state index in [1.54, 1.807) is 7.05 Å². The Balaban J connectivity index is 2.31. The summed E-state index contributed by atoms with van der Waals surface area (Å²) in [5.74, 6) is -0.121. The van der Waals surface area contributed by atoms with Crippen LogP contribution in [-0.4, -0.2) is 40.6 Å². The summed E-state index contributed by atoms with van der Waals surface area (Å²) in [5, 5.41) is 23.6. The molecular formula is C20H18ClF3N2O3S. The molecule has 0 bridgehead atoms. The fraction of sp³-hybridized carbons (Fsp3) is 0.250. The number of fused-ring (bicyclic) bond motifs is 1. The van der Waals surface area contributed by atoms with Crippen molar-refractivity contribution >= 4 is 34.3 Å². The molecule has 0 saturated carbocycles. The zero-order chi connectivity index (χ0) is 22.1. The summed E-state index contributed by atoms with van der Waals surface area (Å²) < 4.78 is 40.0. The second-order valence-electron chi connectivity index (χ2n) is 6.60. The number of phenolic OH excluding ortho intramolecular Hbond substituents is 1. The van der Waals surface area contributed by atoms with Crippen LogP contribution in [-0.2, 0) is 6.18 Å². The molecule has 2 aromatic carbocycles. The van der Waals surface area contributed by atoms with Gasteiger partial charge in [-0.3, -0.25) is 4.79 Å². The Morgan fingerprint density at radius 1 is 1.23 bits per heavy atom. The smallest absolute Gasteiger partial charge is 0.416 e. The quantitative estimate of drug-likeness (QED) is 0.415. The maximum absolute atomic E-state index is 13.3. The van der Waals surface area contributed by atoms with Crippen molar-refractivity contribution in [2.45, 2.75) is 17.2 Å². The van der Waals surface area contributed by atoms with Gasteiger partial charge in [-0.2, -0.15) is 13.2 Å². The molecule has 1 atom stereocenters. The van der Waals surface area contributed by atoms with E-state index in [1.807, 2.05) is 0 Å². The van der Waals surface area contributed by atoms with Gasteiger partial charge in [-0.05, 0) is 43.4 Å². The second kappa shape index (κ2) is 8.89. The molecule has 0 aliphatic rings. The second-order valence-corrected chi connectivity index (χ2v) is 8.07. The first-order valence-corrected chi connectivity index (χ1v) is 10.2. The Morgan fingerprint density at radius 2 is 1.97 bits per heavy atom. The average molecular weight is 459 g/mol. The van der Waals surface area contributed by atoms with Crippen LogP contribution in [0.5, 0.6) is 5.75 Å². The first kappa shape index (κ1) is 22.5. The average Bonchev–Trinajstić information content (AvgIpc) is 2.67. The third-order valence-electron chi connectivity index (χ3n) is 4.39. The summed E-state index contributed by atoms with van der Waals surface area (Å²) in [6.45, 7) is 0.272. The van der Waals surface area contributed by atoms with Gasteiger partial charge in [0.15, 0.2) is 0 Å². The highest BCUT2D eigenvalue weighted by atomic mass is 35.5. The monoisotopic (exact) mass is 458 g/mol. The summed E-state index contributed by atoms with van der Waals surface area (Å²) in [4.78, 5) is 15.4. The van der Waals surface area contributed by atoms with Crippen molar-refractivity contribution in [1.82, 2.24) is 10.3 Å². The van der Waals surface area contributed by atoms with Crippen molar-refractivity contribution in [2.24, 2.45) is 0 Å². The van der Waals surface area contributed by atoms with E-state index in [9.17, 15) is 28.2 Å². The molecule has 1 aromatic heterocycles. The Hall–Kier alpha value is -2.20. The van der Waals surface area contributed by atoms with Crippen LogP contribution in [0, 0.1) is 0 Å². The molecule has 5 nitrogen and oxygen atoms in total. The molecule has 0 aliphatic carbocycles. The van der Waals surface area contributed by atoms with Crippen LogP contribution in [0.2, 0.25) is 5.02 Å². The Bertz CT molecular complexity index is 1130. The van der Waals surface area contributed by atoms with Gasteiger partial charge in [0, 0.05) is 39.4 Å². The number of benzene rings is 2. The number of hydrogen-bond donors (Lipinski definition) is 4. The number of aliphatic hydroxyl groups excluding tert-OH is 1. The lowest BCUT2D eigenvalue weighted by molar-refractivity contribution is -0.137. The normalized spacial score (nSPS) is 13.0. The van der Waals surface area contributed by atoms with Gasteiger partial charge in [-0.15, -0.1) is 11.8 Å². The van der Waals surface area contributed by atoms with E-state index in [-0.39, 0.29) is 50.0 Å². The molecule has 10 heteroatoms. The molecule has 1 unspecified atom stereocenters. The van der Waals surface area contributed by atoms with Crippen molar-refractivity contribution in [3.63, 3.8) is 0 Å². The van der Waals surface area contributed by atoms with E-state index >= 15 is 0 Å². The van der Waals surface area contributed by atoms with Crippen LogP contribution >= 0.6 is 23.4 Å². The largest absolute Gasteiger partial charge is 0.507 e. The molecule has 1 heterocycles. The molecule has 0 spiro atoms. The molecule has 0 aliphatic heterocycles. The first-order valence-electron chi connectivity index (χ1n) is 8.83. The standard InChI is InChI=1S/C20H18ClF3N2O3S/c1-25-8-12(27)9-30-18-17(14-7-11(21)3-5-16(14)28)13-6-10(20(22,23)24)2-4-15(13)26-19(18)29/h2-7,12,25,27-28H,8-9H2,1H3,(H,26,29). The number of rotatable bonds is 6. The van der Waals surface area contributed by atoms with Crippen molar-refractivity contribution in [3.05, 3.63) is 57.3 Å². The number of aliphatic hydroxyl groups is 1. The topological polar surface area (TPSA) is 85.3 Å². The fourth-order valence-electron chi connectivity index (χ4n) is 3.04. The first-order chi connectivity index (χ1) is 14.1. The molecule has 4 N–H and O–H groups in total. The third kappa shape index (κ3) is 4.75. The maximum atomic E-state index is 13.3. The number of aromatic hydroxyl groups is 1. The van der Waals surface area contributed by atoms with Gasteiger partial charge in [0.1, 0.15) is 5.75 Å². The molecule has 0 amide bonds. The highest BCUT2D eigenvalue weighted by molar-refractivity contribution is 7.99. The number of likely N-dealkylation sites (N-methyl/N-ethyl adjacent to an activating group) is 1. The van der Waals surface area contributed by atoms with Crippen molar-refractivity contribution in [1.29, 1.82) is 0 Å². The van der Waals surface area contributed by atoms with Gasteiger partial charge in [0.05, 0.1) is 16.6 Å². The summed E-state index contributed by atoms with van der Waals surface area (Å²) in [5.41, 5.74) is -0.998. The predicted octanol–water partition coefficient (Wildman–Crippen LogP) is 4.25. The Morgan fingerprint density at radius 3 is 2.63 bits per heavy atom. The number of nitrogens with one attached hydrogen (secondary N) is 2. The van der Waals surface area contributed by atoms with Crippen LogP contribution in [0.15, 0.2) is 46.1 Å². The number of pyridine rings is 1. The van der Waals surface area contributed by atoms with Gasteiger partial charge in [-0.25, -0.2) is 0 Å². The van der Waals surface area contributed by atoms with Gasteiger partial charge in [0.25, 0.3) is 5.56 Å². The van der Waals surface area contributed by atoms with Crippen LogP contribution in [0.1, 0.15) is 5.56 Å². The molecule has 160 valence electrons. The SMILES string of the molecule is CNCC(O)CSc1c(-c2cc(Cl)ccc2O)c2cc(C(F)(F)F)ccc2[nH]c1=O. The molecule has 30 heavy (non-hydrogen) atoms. The summed E-state index contributed by atoms with van der Waals surface area (Å²) >= 11 is 7.04. The maximum Gasteiger partial charge on any atom is 0.416 e. The molecule has 0 fully saturated rings. The Labute approximate surface area is 178 Å². The highest BCUT2D eigenvalue weighted by Gasteiger charge is 2.31. The number of aromatic nitrogens is 1. The number of hydrogen-bond acceptors (Lipinski definition) is 5. The van der Waals surface area contributed by atoms with Gasteiger partial charge in [0.2, 0.25) is 0 Å². The van der Waals surface area contributed by atoms with Gasteiger partial charge >= 0.3 is 6.18 Å². The lowest BCUT2D eigenvalue weighted by atomic mass is 9.98. The molecule has 3 aromatic rings. The highest BCUT2D eigenvalue weighted by Crippen LogP contribution is 2.42. The number of thioether (sulfide) groups is 1. The molecule has 3 rings (SSSR count). The number of aromatic amines is 1. The minimum atomic E-state index is -4.59. The fourth-order valence-corrected chi connectivity index (χ4v) is 4.23. The lowest BCUT2D eigenvalue weighted by Crippen LogP contribution is -2.26. The van der Waals surface area contributed by atoms with Crippen LogP contribution in [0.3, 0.4) is 0 Å². The van der Waals surface area contributed by atoms with E-state index in [2.05, 4.69) is 10.3 Å². The van der Waals surface area contributed by atoms with E-state index < -0.39 is 23.4 Å². The number of alkyl halides is 3. The van der Waals surface area contributed by atoms with Crippen LogP contribution in [0.25, 0.3) is 22.0 Å². The van der Waals surface area contributed by atoms with E-state index in [4.69, 9.17) is 11.6 Å². The number of H-pyrrole nitrogens is 1. The lowest BCUT2D eigenvalue weighted by Gasteiger charge is -2.17. The van der Waals surface area contributed by atoms with E-state index in [0.29, 0.717) is 0 Å². The van der Waals surface area contributed by atoms with Crippen molar-refractivity contribution < 1.29 is 23.4 Å². The number of phenols is 1. The molecular weight excluding hydrogens is 441 g/mol. The predicted molar refractivity (Wildman–Crippen MR) is 112 cm³/mol. The molecule has 0 saturated heterocycles. The minimum absolute atomic E-state index is 0.0783. The van der Waals surface area contributed by atoms with Crippen LogP contribution < -0.4 is 10.9 Å². The zero-order valence-corrected chi connectivity index (χ0v) is 17.3. The van der Waals surface area contributed by atoms with E-state index in [0.717, 1.165) is 23.9 Å². The van der Waals surface area contributed by atoms with Crippen molar-refractivity contribution in [2.75, 3.05) is 19.3 Å². The van der Waals surface area contributed by atoms with Gasteiger partial charge < -0.3 is 20.5 Å². The summed E-state index contributed by atoms with van der Waals surface area (Å²) in [6, 6.07) is 7.11. The van der Waals surface area contributed by atoms with Gasteiger partial charge in [-0.1, -0.05) is 11.6 Å². The van der Waals surface area contributed by atoms with Crippen molar-refractivity contribution in [3.8, 4) is 16.9 Å². The zero-order valence-electron chi connectivity index (χ0n) is 15.7. The third-order valence-corrected chi connectivity index (χ3v) is 5.85. The van der Waals surface area contributed by atoms with E-state index in [1.165, 1.54) is 24.3 Å². The summed E-state index contributed by atoms with van der Waals surface area (Å²) in [6.07, 6.45) is -5.38.